The van der Waals surface area contributed by atoms with Crippen LogP contribution in [0.25, 0.3) is 0 Å². The number of nitrogens with one attached hydrogen (secondary N) is 3. The first-order valence-corrected chi connectivity index (χ1v) is 10.3. The largest absolute Gasteiger partial charge is 0.314 e. The second-order valence-electron chi connectivity index (χ2n) is 8.08. The quantitative estimate of drug-likeness (QED) is 0.485. The van der Waals surface area contributed by atoms with Gasteiger partial charge in [0.2, 0.25) is 0 Å². The van der Waals surface area contributed by atoms with E-state index in [4.69, 9.17) is 15.8 Å². The van der Waals surface area contributed by atoms with Gasteiger partial charge in [0.1, 0.15) is 11.5 Å². The van der Waals surface area contributed by atoms with Crippen LogP contribution in [0.4, 0.5) is 5.82 Å². The van der Waals surface area contributed by atoms with Gasteiger partial charge in [-0.3, -0.25) is 25.5 Å². The van der Waals surface area contributed by atoms with Crippen LogP contribution in [-0.4, -0.2) is 46.0 Å². The fourth-order valence-electron chi connectivity index (χ4n) is 3.79. The van der Waals surface area contributed by atoms with Gasteiger partial charge in [0.15, 0.2) is 5.84 Å². The summed E-state index contributed by atoms with van der Waals surface area (Å²) in [5.74, 6) is 1.04. The zero-order valence-electron chi connectivity index (χ0n) is 17.6. The highest BCUT2D eigenvalue weighted by molar-refractivity contribution is 6.10. The lowest BCUT2D eigenvalue weighted by atomic mass is 10.1. The average molecular weight is 406 g/mol. The number of nitrogens with zero attached hydrogens (tertiary/aromatic N) is 4. The smallest absolute Gasteiger partial charge is 0.260 e. The van der Waals surface area contributed by atoms with E-state index in [1.165, 1.54) is 4.90 Å². The molecule has 0 spiro atoms. The van der Waals surface area contributed by atoms with Gasteiger partial charge in [0, 0.05) is 35.3 Å². The molecular weight excluding hydrogens is 378 g/mol. The lowest BCUT2D eigenvalue weighted by Gasteiger charge is -2.24. The number of fused-ring (bicyclic) bond motifs is 1. The number of rotatable bonds is 7. The predicted octanol–water partition coefficient (Wildman–Crippen LogP) is 2.88. The van der Waals surface area contributed by atoms with Crippen molar-refractivity contribution in [3.8, 4) is 0 Å². The molecule has 1 fully saturated rings. The van der Waals surface area contributed by atoms with Crippen molar-refractivity contribution in [1.29, 1.82) is 10.8 Å². The van der Waals surface area contributed by atoms with Crippen LogP contribution in [-0.2, 0) is 13.1 Å². The van der Waals surface area contributed by atoms with Crippen molar-refractivity contribution in [2.75, 3.05) is 11.9 Å². The highest BCUT2D eigenvalue weighted by atomic mass is 16.2. The Bertz CT molecular complexity index is 1010. The monoisotopic (exact) mass is 405 g/mol. The lowest BCUT2D eigenvalue weighted by Crippen LogP contribution is -2.36. The van der Waals surface area contributed by atoms with Crippen LogP contribution in [0.3, 0.4) is 0 Å². The average Bonchev–Trinajstić information content (AvgIpc) is 3.53. The van der Waals surface area contributed by atoms with Crippen LogP contribution in [0.5, 0.6) is 0 Å². The molecular formula is C22H27N7O. The van der Waals surface area contributed by atoms with E-state index in [1.807, 2.05) is 27.0 Å². The summed E-state index contributed by atoms with van der Waals surface area (Å²) in [6, 6.07) is 7.24. The van der Waals surface area contributed by atoms with Crippen molar-refractivity contribution in [2.45, 2.75) is 51.7 Å². The molecule has 0 unspecified atom stereocenters. The molecule has 0 bridgehead atoms. The maximum atomic E-state index is 13.3. The summed E-state index contributed by atoms with van der Waals surface area (Å²) < 4.78 is 0. The Hall–Kier alpha value is -3.13. The molecule has 3 heterocycles. The fourth-order valence-corrected chi connectivity index (χ4v) is 3.79. The van der Waals surface area contributed by atoms with Crippen molar-refractivity contribution in [1.82, 2.24) is 20.2 Å². The number of hydrogen-bond donors (Lipinski definition) is 3. The Morgan fingerprint density at radius 3 is 2.77 bits per heavy atom. The summed E-state index contributed by atoms with van der Waals surface area (Å²) in [6.45, 7) is 4.87. The van der Waals surface area contributed by atoms with E-state index in [-0.39, 0.29) is 17.8 Å². The van der Waals surface area contributed by atoms with E-state index in [2.05, 4.69) is 10.3 Å². The maximum Gasteiger partial charge on any atom is 0.260 e. The maximum absolute atomic E-state index is 13.3. The van der Waals surface area contributed by atoms with E-state index in [0.29, 0.717) is 36.1 Å². The second-order valence-corrected chi connectivity index (χ2v) is 8.08. The van der Waals surface area contributed by atoms with Crippen LogP contribution in [0.1, 0.15) is 65.6 Å². The molecule has 2 aromatic rings. The summed E-state index contributed by atoms with van der Waals surface area (Å²) >= 11 is 0. The Morgan fingerprint density at radius 2 is 2.13 bits per heavy atom. The highest BCUT2D eigenvalue weighted by Crippen LogP contribution is 2.41. The molecule has 0 aromatic carbocycles. The Morgan fingerprint density at radius 1 is 1.37 bits per heavy atom. The SMILES string of the molecule is CNCc1nc(C2CC2)cc2c1CN(c1cccc(C(=N)N(C=N)C(C)C)n1)C2=O. The van der Waals surface area contributed by atoms with E-state index in [9.17, 15) is 4.79 Å². The lowest BCUT2D eigenvalue weighted by molar-refractivity contribution is 0.0995. The molecule has 1 saturated carbocycles. The molecule has 8 heteroatoms. The van der Waals surface area contributed by atoms with Gasteiger partial charge in [-0.1, -0.05) is 6.07 Å². The number of carbonyl (C=O) groups excluding carboxylic acids is 1. The second kappa shape index (κ2) is 7.95. The van der Waals surface area contributed by atoms with Gasteiger partial charge < -0.3 is 10.2 Å². The molecule has 8 nitrogen and oxygen atoms in total. The highest BCUT2D eigenvalue weighted by Gasteiger charge is 2.35. The van der Waals surface area contributed by atoms with Gasteiger partial charge in [0.05, 0.1) is 18.6 Å². The summed E-state index contributed by atoms with van der Waals surface area (Å²) in [7, 11) is 1.88. The van der Waals surface area contributed by atoms with E-state index in [1.54, 1.807) is 23.1 Å². The third kappa shape index (κ3) is 3.59. The molecule has 1 amide bonds. The fraction of sp³-hybridized carbons (Fsp3) is 0.409. The zero-order valence-corrected chi connectivity index (χ0v) is 17.6. The minimum atomic E-state index is -0.0735. The molecule has 4 rings (SSSR count). The van der Waals surface area contributed by atoms with Crippen molar-refractivity contribution in [2.24, 2.45) is 0 Å². The van der Waals surface area contributed by atoms with Crippen LogP contribution in [0.2, 0.25) is 0 Å². The number of carbonyl (C=O) groups is 1. The number of amides is 1. The number of anilines is 1. The van der Waals surface area contributed by atoms with Crippen molar-refractivity contribution >= 4 is 23.9 Å². The molecule has 156 valence electrons. The number of hydrogen-bond acceptors (Lipinski definition) is 6. The topological polar surface area (TPSA) is 109 Å². The first-order chi connectivity index (χ1) is 14.4. The molecule has 2 aliphatic rings. The van der Waals surface area contributed by atoms with Gasteiger partial charge in [0.25, 0.3) is 5.91 Å². The molecule has 0 saturated heterocycles. The first-order valence-electron chi connectivity index (χ1n) is 10.3. The molecule has 0 radical (unpaired) electrons. The normalized spacial score (nSPS) is 15.5. The van der Waals surface area contributed by atoms with Gasteiger partial charge in [-0.2, -0.15) is 0 Å². The van der Waals surface area contributed by atoms with Gasteiger partial charge in [-0.25, -0.2) is 4.98 Å². The molecule has 1 aliphatic heterocycles. The third-order valence-corrected chi connectivity index (χ3v) is 5.57. The van der Waals surface area contributed by atoms with Crippen LogP contribution in [0, 0.1) is 10.8 Å². The van der Waals surface area contributed by atoms with Crippen molar-refractivity contribution in [3.63, 3.8) is 0 Å². The Labute approximate surface area is 176 Å². The van der Waals surface area contributed by atoms with Crippen molar-refractivity contribution in [3.05, 3.63) is 52.5 Å². The Kier molecular flexibility index (Phi) is 5.34. The molecule has 2 aromatic heterocycles. The summed E-state index contributed by atoms with van der Waals surface area (Å²) in [5.41, 5.74) is 4.02. The number of amidine groups is 1. The minimum absolute atomic E-state index is 0.0332. The number of pyridine rings is 2. The summed E-state index contributed by atoms with van der Waals surface area (Å²) in [4.78, 5) is 25.9. The van der Waals surface area contributed by atoms with Gasteiger partial charge in [-0.05, 0) is 51.9 Å². The molecule has 0 atom stereocenters. The number of aromatic nitrogens is 2. The van der Waals surface area contributed by atoms with Crippen LogP contribution in [0.15, 0.2) is 24.3 Å². The zero-order chi connectivity index (χ0) is 21.4. The predicted molar refractivity (Wildman–Crippen MR) is 116 cm³/mol. The first kappa shape index (κ1) is 20.2. The van der Waals surface area contributed by atoms with Gasteiger partial charge in [-0.15, -0.1) is 0 Å². The third-order valence-electron chi connectivity index (χ3n) is 5.57. The molecule has 1 aliphatic carbocycles. The van der Waals surface area contributed by atoms with Crippen LogP contribution < -0.4 is 10.2 Å². The van der Waals surface area contributed by atoms with Crippen molar-refractivity contribution < 1.29 is 4.79 Å². The van der Waals surface area contributed by atoms with E-state index in [0.717, 1.165) is 36.1 Å². The summed E-state index contributed by atoms with van der Waals surface area (Å²) in [5, 5.41) is 19.2. The molecule has 3 N–H and O–H groups in total. The molecule has 30 heavy (non-hydrogen) atoms. The van der Waals surface area contributed by atoms with E-state index >= 15 is 0 Å². The summed E-state index contributed by atoms with van der Waals surface area (Å²) in [6.07, 6.45) is 3.40. The Balaban J connectivity index is 1.67. The minimum Gasteiger partial charge on any atom is -0.314 e. The van der Waals surface area contributed by atoms with Gasteiger partial charge >= 0.3 is 0 Å². The standard InChI is InChI=1S/C22H27N7O/c1-13(2)29(12-23)21(24)17-5-4-6-20(27-17)28-11-16-15(22(28)30)9-18(14-7-8-14)26-19(16)10-25-3/h4-6,9,12-14,23-25H,7-8,10-11H2,1-3H3. The van der Waals surface area contributed by atoms with Crippen LogP contribution >= 0.6 is 0 Å². The van der Waals surface area contributed by atoms with E-state index < -0.39 is 0 Å².